The lowest BCUT2D eigenvalue weighted by molar-refractivity contribution is -0.136. The minimum Gasteiger partial charge on any atom is -0.369 e. The van der Waals surface area contributed by atoms with Gasteiger partial charge in [-0.15, -0.1) is 0 Å². The van der Waals surface area contributed by atoms with Crippen molar-refractivity contribution < 1.29 is 23.6 Å². The minimum atomic E-state index is -0.700. The molecule has 16 heteroatoms. The molecule has 4 aliphatic heterocycles. The van der Waals surface area contributed by atoms with Crippen LogP contribution in [0.15, 0.2) is 77.9 Å². The Morgan fingerprint density at radius 2 is 1.66 bits per heavy atom. The average molecular weight is 883 g/mol. The molecule has 3 aromatic carbocycles. The number of aromatic nitrogens is 5. The quantitative estimate of drug-likeness (QED) is 0.159. The molecule has 4 amide bonds. The molecule has 65 heavy (non-hydrogen) atoms. The summed E-state index contributed by atoms with van der Waals surface area (Å²) < 4.78 is 21.6. The van der Waals surface area contributed by atoms with Crippen LogP contribution in [-0.4, -0.2) is 121 Å². The minimum absolute atomic E-state index is 0.0382. The molecular weight excluding hydrogens is 828 g/mol. The van der Waals surface area contributed by atoms with Crippen molar-refractivity contribution in [1.29, 1.82) is 0 Å². The molecule has 0 spiro atoms. The average Bonchev–Trinajstić information content (AvgIpc) is 4.05. The maximum absolute atomic E-state index is 16.7. The molecule has 15 nitrogen and oxygen atoms in total. The zero-order chi connectivity index (χ0) is 44.8. The zero-order valence-corrected chi connectivity index (χ0v) is 36.8. The highest BCUT2D eigenvalue weighted by molar-refractivity contribution is 6.04. The highest BCUT2D eigenvalue weighted by Crippen LogP contribution is 2.39. The number of piperazine rings is 1. The number of nitrogens with one attached hydrogen (secondary N) is 2. The number of amides is 4. The van der Waals surface area contributed by atoms with Gasteiger partial charge in [-0.25, -0.2) is 9.18 Å². The van der Waals surface area contributed by atoms with Crippen molar-refractivity contribution in [2.45, 2.75) is 69.9 Å². The lowest BCUT2D eigenvalue weighted by Gasteiger charge is -2.36. The van der Waals surface area contributed by atoms with Crippen molar-refractivity contribution in [3.05, 3.63) is 106 Å². The van der Waals surface area contributed by atoms with Crippen molar-refractivity contribution in [3.8, 4) is 11.1 Å². The largest absolute Gasteiger partial charge is 0.369 e. The predicted octanol–water partition coefficient (Wildman–Crippen LogP) is 5.20. The maximum atomic E-state index is 16.7. The third kappa shape index (κ3) is 8.35. The number of hydrogen-bond donors (Lipinski definition) is 2. The Hall–Kier alpha value is -6.55. The summed E-state index contributed by atoms with van der Waals surface area (Å²) in [6, 6.07) is 19.4. The smallest absolute Gasteiger partial charge is 0.329 e. The van der Waals surface area contributed by atoms with Crippen molar-refractivity contribution in [1.82, 2.24) is 43.9 Å². The maximum Gasteiger partial charge on any atom is 0.329 e. The number of rotatable bonds is 12. The van der Waals surface area contributed by atoms with Gasteiger partial charge in [0, 0.05) is 108 Å². The van der Waals surface area contributed by atoms with Crippen LogP contribution in [0, 0.1) is 5.82 Å². The number of hydrogen-bond acceptors (Lipinski definition) is 8. The Bertz CT molecular complexity index is 2830. The molecule has 4 saturated heterocycles. The number of likely N-dealkylation sites (tertiary alicyclic amines) is 2. The van der Waals surface area contributed by atoms with Crippen LogP contribution >= 0.6 is 0 Å². The molecule has 0 saturated carbocycles. The van der Waals surface area contributed by atoms with E-state index in [9.17, 15) is 24.0 Å². The number of imide groups is 1. The van der Waals surface area contributed by atoms with Crippen LogP contribution in [0.4, 0.5) is 10.1 Å². The van der Waals surface area contributed by atoms with Crippen molar-refractivity contribution >= 4 is 51.3 Å². The lowest BCUT2D eigenvalue weighted by Crippen LogP contribution is -2.46. The van der Waals surface area contributed by atoms with Gasteiger partial charge in [-0.05, 0) is 110 Å². The number of carbonyl (C=O) groups is 4. The molecule has 2 atom stereocenters. The van der Waals surface area contributed by atoms with Gasteiger partial charge in [0.25, 0.3) is 5.91 Å². The van der Waals surface area contributed by atoms with E-state index >= 15 is 4.39 Å². The van der Waals surface area contributed by atoms with Gasteiger partial charge >= 0.3 is 5.69 Å². The van der Waals surface area contributed by atoms with E-state index in [1.807, 2.05) is 41.4 Å². The highest BCUT2D eigenvalue weighted by atomic mass is 19.1. The second-order valence-corrected chi connectivity index (χ2v) is 18.1. The number of carbonyl (C=O) groups excluding carboxylic acids is 4. The zero-order valence-electron chi connectivity index (χ0n) is 36.8. The van der Waals surface area contributed by atoms with E-state index < -0.39 is 11.9 Å². The van der Waals surface area contributed by atoms with Gasteiger partial charge in [0.2, 0.25) is 17.7 Å². The van der Waals surface area contributed by atoms with Crippen LogP contribution in [-0.2, 0) is 34.4 Å². The molecule has 4 fully saturated rings. The van der Waals surface area contributed by atoms with Gasteiger partial charge in [-0.1, -0.05) is 18.2 Å². The first-order valence-corrected chi connectivity index (χ1v) is 23.1. The van der Waals surface area contributed by atoms with Gasteiger partial charge in [0.05, 0.1) is 16.6 Å². The monoisotopic (exact) mass is 882 g/mol. The third-order valence-electron chi connectivity index (χ3n) is 14.1. The molecule has 1 unspecified atom stereocenters. The fourth-order valence-corrected chi connectivity index (χ4v) is 10.3. The van der Waals surface area contributed by atoms with Gasteiger partial charge in [-0.3, -0.25) is 43.2 Å². The summed E-state index contributed by atoms with van der Waals surface area (Å²) in [5, 5.41) is 7.27. The van der Waals surface area contributed by atoms with E-state index in [0.717, 1.165) is 92.7 Å². The predicted molar refractivity (Wildman–Crippen MR) is 245 cm³/mol. The van der Waals surface area contributed by atoms with E-state index in [-0.39, 0.29) is 41.6 Å². The molecule has 2 N–H and O–H groups in total. The Labute approximate surface area is 375 Å². The van der Waals surface area contributed by atoms with E-state index in [1.54, 1.807) is 33.5 Å². The van der Waals surface area contributed by atoms with Gasteiger partial charge in [-0.2, -0.15) is 5.10 Å². The van der Waals surface area contributed by atoms with Crippen molar-refractivity contribution in [2.75, 3.05) is 63.8 Å². The number of imidazole rings is 1. The fraction of sp³-hybridized carbons (Fsp3) is 0.429. The molecule has 0 bridgehead atoms. The second kappa shape index (κ2) is 17.8. The van der Waals surface area contributed by atoms with Gasteiger partial charge in [0.1, 0.15) is 11.7 Å². The molecule has 0 aliphatic carbocycles. The molecule has 7 heterocycles. The van der Waals surface area contributed by atoms with E-state index in [0.29, 0.717) is 73.2 Å². The number of H-pyrrole nitrogens is 1. The Balaban J connectivity index is 0.801. The number of piperidine rings is 2. The highest BCUT2D eigenvalue weighted by Gasteiger charge is 2.33. The van der Waals surface area contributed by atoms with E-state index in [4.69, 9.17) is 0 Å². The summed E-state index contributed by atoms with van der Waals surface area (Å²) in [6.07, 6.45) is 8.71. The van der Waals surface area contributed by atoms with Crippen LogP contribution in [0.2, 0.25) is 0 Å². The van der Waals surface area contributed by atoms with Gasteiger partial charge < -0.3 is 19.7 Å². The first-order chi connectivity index (χ1) is 31.6. The van der Waals surface area contributed by atoms with Crippen LogP contribution in [0.3, 0.4) is 0 Å². The normalized spacial score (nSPS) is 19.6. The number of nitrogens with zero attached hydrogens (tertiary/aromatic N) is 8. The second-order valence-electron chi connectivity index (χ2n) is 18.1. The van der Waals surface area contributed by atoms with E-state index in [2.05, 4.69) is 49.5 Å². The Morgan fingerprint density at radius 1 is 0.862 bits per heavy atom. The lowest BCUT2D eigenvalue weighted by atomic mass is 9.87. The number of aryl methyl sites for hydroxylation is 3. The van der Waals surface area contributed by atoms with Crippen LogP contribution in [0.5, 0.6) is 0 Å². The summed E-state index contributed by atoms with van der Waals surface area (Å²) in [4.78, 5) is 76.0. The van der Waals surface area contributed by atoms with Crippen LogP contribution in [0.25, 0.3) is 33.1 Å². The molecule has 6 aromatic rings. The number of aromatic amines is 1. The topological polar surface area (TPSA) is 154 Å². The summed E-state index contributed by atoms with van der Waals surface area (Å²) in [5.74, 6) is -1.36. The molecule has 0 radical (unpaired) electrons. The van der Waals surface area contributed by atoms with E-state index in [1.165, 1.54) is 4.57 Å². The number of benzene rings is 3. The molecular formula is C49H55FN10O5. The Morgan fingerprint density at radius 3 is 2.40 bits per heavy atom. The summed E-state index contributed by atoms with van der Waals surface area (Å²) in [5.41, 5.74) is 6.55. The van der Waals surface area contributed by atoms with Crippen molar-refractivity contribution in [2.24, 2.45) is 7.05 Å². The number of fused-ring (bicyclic) bond motifs is 2. The molecule has 10 rings (SSSR count). The summed E-state index contributed by atoms with van der Waals surface area (Å²) >= 11 is 0. The number of anilines is 1. The van der Waals surface area contributed by atoms with Crippen molar-refractivity contribution in [3.63, 3.8) is 0 Å². The standard InChI is InChI=1S/C49H55FN10O5/c1-54-42-28-32(8-13-40(42)60(49(54)65)41-14-15-43(61)53-47(41)63)6-2-18-55-24-26-56(27-25-55)35-11-9-33(10-12-35)36-29-37(45(50)46-38(36)30-39(52-46)48(64)57-20-5-21-57)34-7-3-19-58(31-34)44(62)16-23-59-22-4-17-51-59/h4,8-13,17,22,28-30,34,41,52H,2-3,5-7,14-16,18-21,23-27,31H2,1H3,(H,53,61,63)/t34-,41?/m0/s1. The number of halogens is 1. The third-order valence-corrected chi connectivity index (χ3v) is 14.1. The molecule has 338 valence electrons. The Kier molecular flexibility index (Phi) is 11.6. The molecule has 4 aliphatic rings. The van der Waals surface area contributed by atoms with Gasteiger partial charge in [0.15, 0.2) is 5.82 Å². The summed E-state index contributed by atoms with van der Waals surface area (Å²) in [6.45, 7) is 7.53. The summed E-state index contributed by atoms with van der Waals surface area (Å²) in [7, 11) is 1.72. The first-order valence-electron chi connectivity index (χ1n) is 23.1. The molecule has 3 aromatic heterocycles. The first kappa shape index (κ1) is 42.4. The van der Waals surface area contributed by atoms with Crippen LogP contribution in [0.1, 0.15) is 78.5 Å². The fourth-order valence-electron chi connectivity index (χ4n) is 10.3. The SMILES string of the molecule is Cn1c(=O)n(C2CCC(=O)NC2=O)c2ccc(CCCN3CCN(c4ccc(-c5cc([C@H]6CCCN(C(=O)CCn7cccn7)C6)c(F)c6[nH]c(C(=O)N7CCC7)cc56)cc4)CC3)cc21. The van der Waals surface area contributed by atoms with Crippen LogP contribution < -0.4 is 15.9 Å².